The van der Waals surface area contributed by atoms with E-state index in [0.29, 0.717) is 6.54 Å². The number of carbonyl (C=O) groups excluding carboxylic acids is 2. The highest BCUT2D eigenvalue weighted by Gasteiger charge is 2.39. The van der Waals surface area contributed by atoms with Crippen molar-refractivity contribution in [1.82, 2.24) is 9.88 Å². The molecule has 2 amide bonds. The number of aryl methyl sites for hydroxylation is 1. The van der Waals surface area contributed by atoms with Gasteiger partial charge >= 0.3 is 0 Å². The molecule has 2 aromatic rings. The van der Waals surface area contributed by atoms with E-state index in [4.69, 9.17) is 0 Å². The summed E-state index contributed by atoms with van der Waals surface area (Å²) in [5.41, 5.74) is 5.37. The maximum absolute atomic E-state index is 12.7. The number of nitrogens with one attached hydrogen (secondary N) is 1. The van der Waals surface area contributed by atoms with Crippen molar-refractivity contribution in [1.29, 1.82) is 0 Å². The zero-order chi connectivity index (χ0) is 19.7. The number of hydrogen-bond acceptors (Lipinski definition) is 3. The molecule has 2 aliphatic heterocycles. The molecule has 1 aromatic carbocycles. The van der Waals surface area contributed by atoms with Gasteiger partial charge in [0.05, 0.1) is 6.04 Å². The molecule has 0 spiro atoms. The van der Waals surface area contributed by atoms with Crippen LogP contribution in [-0.4, -0.2) is 28.2 Å². The van der Waals surface area contributed by atoms with Crippen LogP contribution in [0.25, 0.3) is 0 Å². The number of pyridine rings is 1. The molecular weight excluding hydrogens is 350 g/mol. The second-order valence-corrected chi connectivity index (χ2v) is 7.19. The second-order valence-electron chi connectivity index (χ2n) is 7.19. The number of aromatic nitrogens is 1. The molecule has 5 nitrogen and oxygen atoms in total. The Morgan fingerprint density at radius 1 is 1.32 bits per heavy atom. The van der Waals surface area contributed by atoms with Crippen LogP contribution in [0, 0.1) is 18.8 Å². The lowest BCUT2D eigenvalue weighted by molar-refractivity contribution is -0.114. The third kappa shape index (κ3) is 3.54. The van der Waals surface area contributed by atoms with Gasteiger partial charge in [-0.2, -0.15) is 0 Å². The first kappa shape index (κ1) is 18.0. The van der Waals surface area contributed by atoms with Crippen LogP contribution in [0.3, 0.4) is 0 Å². The third-order valence-electron chi connectivity index (χ3n) is 5.09. The van der Waals surface area contributed by atoms with Gasteiger partial charge in [0, 0.05) is 30.4 Å². The highest BCUT2D eigenvalue weighted by molar-refractivity contribution is 6.00. The fourth-order valence-electron chi connectivity index (χ4n) is 3.83. The Balaban J connectivity index is 1.57. The highest BCUT2D eigenvalue weighted by atomic mass is 16.2. The summed E-state index contributed by atoms with van der Waals surface area (Å²) in [6.07, 6.45) is 3.55. The van der Waals surface area contributed by atoms with Gasteiger partial charge in [-0.15, -0.1) is 0 Å². The van der Waals surface area contributed by atoms with E-state index in [2.05, 4.69) is 22.1 Å². The minimum atomic E-state index is -0.120. The van der Waals surface area contributed by atoms with Gasteiger partial charge in [-0.3, -0.25) is 9.59 Å². The SMILES string of the molecule is CC(=O)Nc1ccc2c(c1)C1C/C(=C/C#Cc3cccc(C)n3)CCN1C2=O. The fraction of sp³-hybridized carbons (Fsp3) is 0.261. The largest absolute Gasteiger partial charge is 0.331 e. The zero-order valence-corrected chi connectivity index (χ0v) is 16.0. The standard InChI is InChI=1S/C23H21N3O2/c1-15-5-3-7-18(24-15)8-4-6-17-11-12-26-22(13-17)21-14-19(25-16(2)27)9-10-20(21)23(26)28/h3,5-7,9-10,14,22H,11-13H2,1-2H3,(H,25,27)/b17-6+. The van der Waals surface area contributed by atoms with Crippen LogP contribution < -0.4 is 5.32 Å². The predicted molar refractivity (Wildman–Crippen MR) is 108 cm³/mol. The van der Waals surface area contributed by atoms with Crippen LogP contribution in [0.15, 0.2) is 48.0 Å². The second kappa shape index (κ2) is 7.32. The number of nitrogens with zero attached hydrogens (tertiary/aromatic N) is 2. The molecule has 3 heterocycles. The number of piperidine rings is 1. The minimum absolute atomic E-state index is 0.00935. The molecule has 0 aliphatic carbocycles. The van der Waals surface area contributed by atoms with Gasteiger partial charge in [-0.05, 0) is 67.7 Å². The van der Waals surface area contributed by atoms with Gasteiger partial charge in [-0.25, -0.2) is 4.98 Å². The normalized spacial score (nSPS) is 18.9. The third-order valence-corrected chi connectivity index (χ3v) is 5.09. The van der Waals surface area contributed by atoms with Crippen LogP contribution in [-0.2, 0) is 4.79 Å². The number of benzene rings is 1. The van der Waals surface area contributed by atoms with Crippen molar-refractivity contribution < 1.29 is 9.59 Å². The smallest absolute Gasteiger partial charge is 0.254 e. The number of hydrogen-bond donors (Lipinski definition) is 1. The molecule has 0 radical (unpaired) electrons. The molecule has 5 heteroatoms. The van der Waals surface area contributed by atoms with E-state index >= 15 is 0 Å². The molecule has 28 heavy (non-hydrogen) atoms. The van der Waals surface area contributed by atoms with Gasteiger partial charge in [0.2, 0.25) is 5.91 Å². The number of carbonyl (C=O) groups is 2. The quantitative estimate of drug-likeness (QED) is 0.779. The van der Waals surface area contributed by atoms with Crippen molar-refractivity contribution in [2.45, 2.75) is 32.7 Å². The maximum Gasteiger partial charge on any atom is 0.254 e. The van der Waals surface area contributed by atoms with E-state index in [-0.39, 0.29) is 17.9 Å². The molecule has 0 bridgehead atoms. The molecule has 2 aliphatic rings. The Morgan fingerprint density at radius 2 is 2.18 bits per heavy atom. The van der Waals surface area contributed by atoms with Crippen molar-refractivity contribution in [3.63, 3.8) is 0 Å². The van der Waals surface area contributed by atoms with Crippen molar-refractivity contribution in [3.8, 4) is 11.8 Å². The van der Waals surface area contributed by atoms with E-state index < -0.39 is 0 Å². The average Bonchev–Trinajstić information content (AvgIpc) is 2.93. The summed E-state index contributed by atoms with van der Waals surface area (Å²) in [6, 6.07) is 11.3. The van der Waals surface area contributed by atoms with E-state index in [0.717, 1.165) is 41.0 Å². The Bertz CT molecular complexity index is 1060. The Hall–Kier alpha value is -3.39. The Kier molecular flexibility index (Phi) is 4.70. The molecule has 1 fully saturated rings. The molecular formula is C23H21N3O2. The summed E-state index contributed by atoms with van der Waals surface area (Å²) >= 11 is 0. The summed E-state index contributed by atoms with van der Waals surface area (Å²) in [5.74, 6) is 6.15. The zero-order valence-electron chi connectivity index (χ0n) is 16.0. The van der Waals surface area contributed by atoms with Crippen LogP contribution in [0.2, 0.25) is 0 Å². The molecule has 1 N–H and O–H groups in total. The van der Waals surface area contributed by atoms with Gasteiger partial charge in [0.15, 0.2) is 0 Å². The predicted octanol–water partition coefficient (Wildman–Crippen LogP) is 3.62. The topological polar surface area (TPSA) is 62.3 Å². The van der Waals surface area contributed by atoms with Gasteiger partial charge < -0.3 is 10.2 Å². The Labute approximate surface area is 164 Å². The summed E-state index contributed by atoms with van der Waals surface area (Å²) in [7, 11) is 0. The van der Waals surface area contributed by atoms with Crippen molar-refractivity contribution in [2.24, 2.45) is 0 Å². The summed E-state index contributed by atoms with van der Waals surface area (Å²) < 4.78 is 0. The van der Waals surface area contributed by atoms with Crippen molar-refractivity contribution in [3.05, 3.63) is 70.6 Å². The minimum Gasteiger partial charge on any atom is -0.331 e. The average molecular weight is 371 g/mol. The lowest BCUT2D eigenvalue weighted by atomic mass is 9.93. The summed E-state index contributed by atoms with van der Waals surface area (Å²) in [5, 5.41) is 2.80. The van der Waals surface area contributed by atoms with Crippen molar-refractivity contribution in [2.75, 3.05) is 11.9 Å². The molecule has 1 saturated heterocycles. The fourth-order valence-corrected chi connectivity index (χ4v) is 3.83. The van der Waals surface area contributed by atoms with Crippen molar-refractivity contribution >= 4 is 17.5 Å². The molecule has 140 valence electrons. The van der Waals surface area contributed by atoms with Crippen LogP contribution >= 0.6 is 0 Å². The monoisotopic (exact) mass is 371 g/mol. The van der Waals surface area contributed by atoms with E-state index in [1.165, 1.54) is 12.5 Å². The highest BCUT2D eigenvalue weighted by Crippen LogP contribution is 2.42. The Morgan fingerprint density at radius 3 is 2.96 bits per heavy atom. The summed E-state index contributed by atoms with van der Waals surface area (Å²) in [6.45, 7) is 4.11. The molecule has 1 aromatic heterocycles. The first-order valence-corrected chi connectivity index (χ1v) is 9.37. The number of anilines is 1. The van der Waals surface area contributed by atoms with Gasteiger partial charge in [0.25, 0.3) is 5.91 Å². The lowest BCUT2D eigenvalue weighted by Gasteiger charge is -2.31. The van der Waals surface area contributed by atoms with E-state index in [1.807, 2.05) is 48.2 Å². The molecule has 1 unspecified atom stereocenters. The van der Waals surface area contributed by atoms with E-state index in [1.54, 1.807) is 6.07 Å². The number of fused-ring (bicyclic) bond motifs is 3. The molecule has 1 atom stereocenters. The lowest BCUT2D eigenvalue weighted by Crippen LogP contribution is -2.33. The number of rotatable bonds is 1. The molecule has 0 saturated carbocycles. The van der Waals surface area contributed by atoms with Gasteiger partial charge in [-0.1, -0.05) is 17.6 Å². The van der Waals surface area contributed by atoms with Crippen LogP contribution in [0.4, 0.5) is 5.69 Å². The van der Waals surface area contributed by atoms with E-state index in [9.17, 15) is 9.59 Å². The number of allylic oxidation sites excluding steroid dienone is 1. The number of amides is 2. The van der Waals surface area contributed by atoms with Gasteiger partial charge in [0.1, 0.15) is 5.69 Å². The maximum atomic E-state index is 12.7. The van der Waals surface area contributed by atoms with Crippen LogP contribution in [0.5, 0.6) is 0 Å². The van der Waals surface area contributed by atoms with Crippen LogP contribution in [0.1, 0.15) is 53.1 Å². The molecule has 4 rings (SSSR count). The summed E-state index contributed by atoms with van der Waals surface area (Å²) in [4.78, 5) is 30.4. The first-order valence-electron chi connectivity index (χ1n) is 9.37. The first-order chi connectivity index (χ1) is 13.5.